The van der Waals surface area contributed by atoms with Gasteiger partial charge in [0, 0.05) is 16.7 Å². The maximum absolute atomic E-state index is 12.4. The summed E-state index contributed by atoms with van der Waals surface area (Å²) >= 11 is 0. The Morgan fingerprint density at radius 3 is 2.03 bits per heavy atom. The lowest BCUT2D eigenvalue weighted by Gasteiger charge is -2.05. The summed E-state index contributed by atoms with van der Waals surface area (Å²) < 4.78 is 10.5. The zero-order chi connectivity index (χ0) is 21.2. The van der Waals surface area contributed by atoms with E-state index < -0.39 is 0 Å². The predicted molar refractivity (Wildman–Crippen MR) is 119 cm³/mol. The molecular weight excluding hydrogens is 380 g/mol. The summed E-state index contributed by atoms with van der Waals surface area (Å²) in [5, 5.41) is 8.22. The number of carbonyl (C=O) groups is 1. The van der Waals surface area contributed by atoms with Crippen LogP contribution < -0.4 is 20.3 Å². The molecule has 3 aromatic carbocycles. The van der Waals surface area contributed by atoms with Gasteiger partial charge in [-0.2, -0.15) is 10.2 Å². The number of hydrogen-bond donors (Lipinski definition) is 2. The van der Waals surface area contributed by atoms with Crippen molar-refractivity contribution in [3.05, 3.63) is 89.5 Å². The van der Waals surface area contributed by atoms with E-state index in [9.17, 15) is 4.79 Å². The molecule has 3 aromatic rings. The number of benzene rings is 3. The number of para-hydroxylation sites is 2. The smallest absolute Gasteiger partial charge is 0.271 e. The number of ether oxygens (including phenoxy) is 2. The zero-order valence-electron chi connectivity index (χ0n) is 16.7. The van der Waals surface area contributed by atoms with Crippen molar-refractivity contribution in [1.82, 2.24) is 5.43 Å². The first-order chi connectivity index (χ1) is 14.7. The quantitative estimate of drug-likeness (QED) is 0.442. The van der Waals surface area contributed by atoms with Crippen LogP contribution in [0.1, 0.15) is 21.5 Å². The number of amides is 1. The second kappa shape index (κ2) is 10.4. The maximum Gasteiger partial charge on any atom is 0.271 e. The molecule has 0 atom stereocenters. The van der Waals surface area contributed by atoms with E-state index in [0.717, 1.165) is 16.9 Å². The Bertz CT molecular complexity index is 1060. The Morgan fingerprint density at radius 1 is 0.800 bits per heavy atom. The molecule has 152 valence electrons. The lowest BCUT2D eigenvalue weighted by molar-refractivity contribution is 0.0955. The minimum absolute atomic E-state index is 0.335. The van der Waals surface area contributed by atoms with Crippen molar-refractivity contribution in [3.63, 3.8) is 0 Å². The van der Waals surface area contributed by atoms with Crippen molar-refractivity contribution in [1.29, 1.82) is 0 Å². The SMILES string of the molecule is COc1ccccc1/C=N/NC(=O)c1cccc(N/N=C/c2ccccc2OC)c1. The first-order valence-electron chi connectivity index (χ1n) is 9.20. The normalized spacial score (nSPS) is 10.9. The monoisotopic (exact) mass is 402 g/mol. The topological polar surface area (TPSA) is 84.3 Å². The Labute approximate surface area is 175 Å². The van der Waals surface area contributed by atoms with Crippen LogP contribution >= 0.6 is 0 Å². The van der Waals surface area contributed by atoms with Crippen molar-refractivity contribution in [2.75, 3.05) is 19.6 Å². The second-order valence-electron chi connectivity index (χ2n) is 6.13. The number of nitrogens with one attached hydrogen (secondary N) is 2. The molecular formula is C23H22N4O3. The number of hydrogen-bond acceptors (Lipinski definition) is 6. The third-order valence-electron chi connectivity index (χ3n) is 4.17. The van der Waals surface area contributed by atoms with Gasteiger partial charge >= 0.3 is 0 Å². The van der Waals surface area contributed by atoms with Crippen LogP contribution in [0.15, 0.2) is 83.0 Å². The average molecular weight is 402 g/mol. The lowest BCUT2D eigenvalue weighted by Crippen LogP contribution is -2.17. The van der Waals surface area contributed by atoms with Gasteiger partial charge < -0.3 is 9.47 Å². The summed E-state index contributed by atoms with van der Waals surface area (Å²) in [5.74, 6) is 1.07. The van der Waals surface area contributed by atoms with E-state index in [1.165, 1.54) is 6.21 Å². The maximum atomic E-state index is 12.4. The second-order valence-corrected chi connectivity index (χ2v) is 6.13. The van der Waals surface area contributed by atoms with Gasteiger partial charge in [-0.15, -0.1) is 0 Å². The molecule has 0 aliphatic heterocycles. The van der Waals surface area contributed by atoms with Crippen molar-refractivity contribution in [2.24, 2.45) is 10.2 Å². The highest BCUT2D eigenvalue weighted by Crippen LogP contribution is 2.16. The number of nitrogens with zero attached hydrogens (tertiary/aromatic N) is 2. The highest BCUT2D eigenvalue weighted by molar-refractivity contribution is 5.96. The van der Waals surface area contributed by atoms with E-state index in [-0.39, 0.29) is 5.91 Å². The van der Waals surface area contributed by atoms with E-state index in [1.807, 2.05) is 54.6 Å². The highest BCUT2D eigenvalue weighted by atomic mass is 16.5. The van der Waals surface area contributed by atoms with Gasteiger partial charge in [-0.1, -0.05) is 30.3 Å². The molecule has 7 heteroatoms. The van der Waals surface area contributed by atoms with E-state index in [4.69, 9.17) is 9.47 Å². The van der Waals surface area contributed by atoms with Crippen LogP contribution in [0.4, 0.5) is 5.69 Å². The van der Waals surface area contributed by atoms with Crippen LogP contribution in [0.2, 0.25) is 0 Å². The van der Waals surface area contributed by atoms with E-state index in [1.54, 1.807) is 38.6 Å². The van der Waals surface area contributed by atoms with Gasteiger partial charge in [0.15, 0.2) is 0 Å². The van der Waals surface area contributed by atoms with E-state index >= 15 is 0 Å². The van der Waals surface area contributed by atoms with Crippen LogP contribution in [0.25, 0.3) is 0 Å². The van der Waals surface area contributed by atoms with Gasteiger partial charge in [0.25, 0.3) is 5.91 Å². The molecule has 0 bridgehead atoms. The molecule has 0 spiro atoms. The summed E-state index contributed by atoms with van der Waals surface area (Å²) in [7, 11) is 3.19. The fourth-order valence-electron chi connectivity index (χ4n) is 2.68. The molecule has 0 radical (unpaired) electrons. The molecule has 0 fully saturated rings. The highest BCUT2D eigenvalue weighted by Gasteiger charge is 2.05. The van der Waals surface area contributed by atoms with E-state index in [0.29, 0.717) is 17.0 Å². The van der Waals surface area contributed by atoms with E-state index in [2.05, 4.69) is 21.1 Å². The zero-order valence-corrected chi connectivity index (χ0v) is 16.7. The van der Waals surface area contributed by atoms with Crippen molar-refractivity contribution in [2.45, 2.75) is 0 Å². The van der Waals surface area contributed by atoms with Crippen LogP contribution in [-0.4, -0.2) is 32.6 Å². The van der Waals surface area contributed by atoms with Crippen molar-refractivity contribution >= 4 is 24.0 Å². The Morgan fingerprint density at radius 2 is 1.40 bits per heavy atom. The summed E-state index contributed by atoms with van der Waals surface area (Å²) in [6, 6.07) is 21.9. The molecule has 0 saturated carbocycles. The first-order valence-corrected chi connectivity index (χ1v) is 9.20. The Kier molecular flexibility index (Phi) is 7.16. The molecule has 0 aromatic heterocycles. The molecule has 0 aliphatic carbocycles. The van der Waals surface area contributed by atoms with Gasteiger partial charge in [0.05, 0.1) is 32.3 Å². The average Bonchev–Trinajstić information content (AvgIpc) is 2.80. The molecule has 0 aliphatic rings. The molecule has 7 nitrogen and oxygen atoms in total. The molecule has 2 N–H and O–H groups in total. The minimum Gasteiger partial charge on any atom is -0.496 e. The van der Waals surface area contributed by atoms with Gasteiger partial charge in [0.1, 0.15) is 11.5 Å². The molecule has 0 saturated heterocycles. The summed E-state index contributed by atoms with van der Waals surface area (Å²) in [5.41, 5.74) is 8.15. The number of carbonyl (C=O) groups excluding carboxylic acids is 1. The minimum atomic E-state index is -0.335. The van der Waals surface area contributed by atoms with Crippen molar-refractivity contribution < 1.29 is 14.3 Å². The number of rotatable bonds is 8. The number of hydrazone groups is 2. The van der Waals surface area contributed by atoms with Crippen LogP contribution in [0.3, 0.4) is 0 Å². The summed E-state index contributed by atoms with van der Waals surface area (Å²) in [6.07, 6.45) is 3.19. The fourth-order valence-corrected chi connectivity index (χ4v) is 2.68. The van der Waals surface area contributed by atoms with Gasteiger partial charge in [-0.05, 0) is 42.5 Å². The van der Waals surface area contributed by atoms with Gasteiger partial charge in [0.2, 0.25) is 0 Å². The summed E-state index contributed by atoms with van der Waals surface area (Å²) in [4.78, 5) is 12.4. The summed E-state index contributed by atoms with van der Waals surface area (Å²) in [6.45, 7) is 0. The molecule has 1 amide bonds. The van der Waals surface area contributed by atoms with Crippen LogP contribution in [-0.2, 0) is 0 Å². The lowest BCUT2D eigenvalue weighted by atomic mass is 10.2. The molecule has 3 rings (SSSR count). The van der Waals surface area contributed by atoms with Crippen LogP contribution in [0.5, 0.6) is 11.5 Å². The largest absolute Gasteiger partial charge is 0.496 e. The molecule has 0 heterocycles. The van der Waals surface area contributed by atoms with Gasteiger partial charge in [-0.3, -0.25) is 10.2 Å². The Balaban J connectivity index is 1.62. The standard InChI is InChI=1S/C23H22N4O3/c1-29-21-12-5-3-8-18(21)15-24-26-20-11-7-10-17(14-20)23(28)27-25-16-19-9-4-6-13-22(19)30-2/h3-16,26H,1-2H3,(H,27,28)/b24-15+,25-16+. The number of anilines is 1. The molecule has 0 unspecified atom stereocenters. The van der Waals surface area contributed by atoms with Crippen molar-refractivity contribution in [3.8, 4) is 11.5 Å². The first kappa shape index (κ1) is 20.6. The third kappa shape index (κ3) is 5.45. The molecule has 30 heavy (non-hydrogen) atoms. The fraction of sp³-hybridized carbons (Fsp3) is 0.0870. The van der Waals surface area contributed by atoms with Gasteiger partial charge in [-0.25, -0.2) is 5.43 Å². The third-order valence-corrected chi connectivity index (χ3v) is 4.17. The van der Waals surface area contributed by atoms with Crippen LogP contribution in [0, 0.1) is 0 Å². The predicted octanol–water partition coefficient (Wildman–Crippen LogP) is 3.91. The number of methoxy groups -OCH3 is 2. The Hall–Kier alpha value is -4.13.